The van der Waals surface area contributed by atoms with Gasteiger partial charge in [-0.15, -0.1) is 0 Å². The van der Waals surface area contributed by atoms with Crippen molar-refractivity contribution in [2.24, 2.45) is 0 Å². The lowest BCUT2D eigenvalue weighted by molar-refractivity contribution is 0.661. The van der Waals surface area contributed by atoms with Gasteiger partial charge in [-0.25, -0.2) is 0 Å². The molecule has 0 radical (unpaired) electrons. The number of benzene rings is 10. The second-order valence-corrected chi connectivity index (χ2v) is 15.3. The summed E-state index contributed by atoms with van der Waals surface area (Å²) >= 11 is 0. The molecule has 254 valence electrons. The average molecular weight is 688 g/mol. The lowest BCUT2D eigenvalue weighted by atomic mass is 9.82. The molecule has 1 nitrogen and oxygen atoms in total. The van der Waals surface area contributed by atoms with Crippen LogP contribution in [0, 0.1) is 0 Å². The maximum Gasteiger partial charge on any atom is 0.0546 e. The summed E-state index contributed by atoms with van der Waals surface area (Å²) in [7, 11) is 0. The zero-order valence-corrected chi connectivity index (χ0v) is 30.3. The van der Waals surface area contributed by atoms with Crippen molar-refractivity contribution in [1.29, 1.82) is 0 Å². The zero-order chi connectivity index (χ0) is 36.0. The molecule has 0 fully saturated rings. The topological polar surface area (TPSA) is 3.24 Å². The van der Waals surface area contributed by atoms with E-state index >= 15 is 0 Å². The van der Waals surface area contributed by atoms with Crippen molar-refractivity contribution in [2.45, 2.75) is 19.3 Å². The van der Waals surface area contributed by atoms with Crippen LogP contribution in [0.4, 0.5) is 17.1 Å². The van der Waals surface area contributed by atoms with Gasteiger partial charge in [0.1, 0.15) is 0 Å². The number of nitrogens with zero attached hydrogens (tertiary/aromatic N) is 1. The first kappa shape index (κ1) is 30.9. The van der Waals surface area contributed by atoms with Gasteiger partial charge in [-0.1, -0.05) is 166 Å². The van der Waals surface area contributed by atoms with Gasteiger partial charge in [-0.05, 0) is 113 Å². The molecule has 0 heterocycles. The summed E-state index contributed by atoms with van der Waals surface area (Å²) in [5.41, 5.74) is 11.2. The van der Waals surface area contributed by atoms with Gasteiger partial charge in [0.2, 0.25) is 0 Å². The van der Waals surface area contributed by atoms with E-state index in [1.165, 1.54) is 87.2 Å². The van der Waals surface area contributed by atoms with Crippen molar-refractivity contribution in [1.82, 2.24) is 0 Å². The Labute approximate surface area is 315 Å². The summed E-state index contributed by atoms with van der Waals surface area (Å²) in [6, 6.07) is 70.0. The van der Waals surface area contributed by atoms with E-state index in [2.05, 4.69) is 207 Å². The number of rotatable bonds is 4. The van der Waals surface area contributed by atoms with E-state index < -0.39 is 0 Å². The van der Waals surface area contributed by atoms with E-state index in [4.69, 9.17) is 0 Å². The van der Waals surface area contributed by atoms with Crippen molar-refractivity contribution in [3.8, 4) is 22.3 Å². The molecule has 0 unspecified atom stereocenters. The Hall–Kier alpha value is -6.70. The fraction of sp³-hybridized carbons (Fsp3) is 0.0566. The SMILES string of the molecule is CC1(C)c2ccc(N(c3ccc4ccccc4c3-c3cccc4ccccc34)c3cc4ccccc4c4ccccc34)cc2-c2cc3ccccc3cc21. The normalized spacial score (nSPS) is 13.1. The molecular weight excluding hydrogens is 651 g/mol. The molecule has 10 aromatic rings. The Morgan fingerprint density at radius 2 is 0.907 bits per heavy atom. The van der Waals surface area contributed by atoms with Gasteiger partial charge in [-0.3, -0.25) is 0 Å². The second kappa shape index (κ2) is 11.7. The molecule has 10 aromatic carbocycles. The van der Waals surface area contributed by atoms with Crippen LogP contribution in [-0.2, 0) is 5.41 Å². The van der Waals surface area contributed by atoms with Crippen LogP contribution in [0.25, 0.3) is 76.1 Å². The largest absolute Gasteiger partial charge is 0.309 e. The van der Waals surface area contributed by atoms with Crippen LogP contribution in [0.1, 0.15) is 25.0 Å². The third kappa shape index (κ3) is 4.52. The van der Waals surface area contributed by atoms with E-state index in [0.29, 0.717) is 0 Å². The van der Waals surface area contributed by atoms with Crippen LogP contribution in [0.5, 0.6) is 0 Å². The highest BCUT2D eigenvalue weighted by atomic mass is 15.1. The van der Waals surface area contributed by atoms with E-state index in [1.54, 1.807) is 0 Å². The smallest absolute Gasteiger partial charge is 0.0546 e. The Morgan fingerprint density at radius 1 is 0.333 bits per heavy atom. The Morgan fingerprint density at radius 3 is 1.69 bits per heavy atom. The number of fused-ring (bicyclic) bond motifs is 9. The monoisotopic (exact) mass is 687 g/mol. The Kier molecular flexibility index (Phi) is 6.66. The van der Waals surface area contributed by atoms with Crippen LogP contribution in [0.2, 0.25) is 0 Å². The van der Waals surface area contributed by atoms with Gasteiger partial charge >= 0.3 is 0 Å². The third-order valence-corrected chi connectivity index (χ3v) is 12.0. The molecule has 1 heteroatoms. The minimum Gasteiger partial charge on any atom is -0.309 e. The summed E-state index contributed by atoms with van der Waals surface area (Å²) in [5.74, 6) is 0. The highest BCUT2D eigenvalue weighted by Gasteiger charge is 2.36. The predicted octanol–water partition coefficient (Wildman–Crippen LogP) is 14.9. The third-order valence-electron chi connectivity index (χ3n) is 12.0. The molecule has 0 spiro atoms. The van der Waals surface area contributed by atoms with Crippen molar-refractivity contribution < 1.29 is 0 Å². The van der Waals surface area contributed by atoms with Crippen LogP contribution in [0.15, 0.2) is 188 Å². The fourth-order valence-corrected chi connectivity index (χ4v) is 9.36. The van der Waals surface area contributed by atoms with Crippen LogP contribution >= 0.6 is 0 Å². The maximum absolute atomic E-state index is 2.55. The molecule has 0 aliphatic heterocycles. The molecule has 0 aromatic heterocycles. The maximum atomic E-state index is 2.55. The summed E-state index contributed by atoms with van der Waals surface area (Å²) < 4.78 is 0. The quantitative estimate of drug-likeness (QED) is 0.167. The van der Waals surface area contributed by atoms with E-state index in [9.17, 15) is 0 Å². The Bertz CT molecular complexity index is 3140. The van der Waals surface area contributed by atoms with Gasteiger partial charge in [0.15, 0.2) is 0 Å². The molecular formula is C53H37N. The first-order valence-corrected chi connectivity index (χ1v) is 18.9. The van der Waals surface area contributed by atoms with Crippen LogP contribution in [-0.4, -0.2) is 0 Å². The standard InChI is InChI=1S/C53H37N/c1-53(2)48-28-27-39(33-47(48)46-30-36-16-3-4-17-37(36)31-49(46)53)54(51-32-38-18-7-9-21-41(38)43-23-11-12-24-44(43)51)50-29-26-35-15-6-10-22-42(35)52(50)45-25-13-19-34-14-5-8-20-40(34)45/h3-33H,1-2H3. The van der Waals surface area contributed by atoms with E-state index in [1.807, 2.05) is 0 Å². The van der Waals surface area contributed by atoms with E-state index in [0.717, 1.165) is 17.1 Å². The predicted molar refractivity (Wildman–Crippen MR) is 232 cm³/mol. The van der Waals surface area contributed by atoms with Crippen molar-refractivity contribution >= 4 is 70.9 Å². The number of hydrogen-bond donors (Lipinski definition) is 0. The summed E-state index contributed by atoms with van der Waals surface area (Å²) in [4.78, 5) is 2.55. The summed E-state index contributed by atoms with van der Waals surface area (Å²) in [6.45, 7) is 4.76. The van der Waals surface area contributed by atoms with Crippen molar-refractivity contribution in [2.75, 3.05) is 4.90 Å². The highest BCUT2D eigenvalue weighted by molar-refractivity contribution is 6.17. The lowest BCUT2D eigenvalue weighted by Gasteiger charge is -2.31. The number of hydrogen-bond acceptors (Lipinski definition) is 1. The van der Waals surface area contributed by atoms with Crippen molar-refractivity contribution in [3.05, 3.63) is 199 Å². The van der Waals surface area contributed by atoms with Crippen LogP contribution < -0.4 is 4.90 Å². The summed E-state index contributed by atoms with van der Waals surface area (Å²) in [5, 5.41) is 12.5. The lowest BCUT2D eigenvalue weighted by Crippen LogP contribution is -2.16. The zero-order valence-electron chi connectivity index (χ0n) is 30.3. The first-order valence-electron chi connectivity index (χ1n) is 18.9. The van der Waals surface area contributed by atoms with Crippen LogP contribution in [0.3, 0.4) is 0 Å². The molecule has 0 N–H and O–H groups in total. The molecule has 0 saturated carbocycles. The summed E-state index contributed by atoms with van der Waals surface area (Å²) in [6.07, 6.45) is 0. The number of anilines is 3. The molecule has 0 atom stereocenters. The highest BCUT2D eigenvalue weighted by Crippen LogP contribution is 2.54. The van der Waals surface area contributed by atoms with Gasteiger partial charge < -0.3 is 4.90 Å². The molecule has 11 rings (SSSR count). The van der Waals surface area contributed by atoms with Gasteiger partial charge in [-0.2, -0.15) is 0 Å². The molecule has 0 saturated heterocycles. The van der Waals surface area contributed by atoms with Gasteiger partial charge in [0, 0.05) is 22.1 Å². The molecule has 0 amide bonds. The molecule has 1 aliphatic rings. The second-order valence-electron chi connectivity index (χ2n) is 15.3. The molecule has 54 heavy (non-hydrogen) atoms. The Balaban J connectivity index is 1.27. The average Bonchev–Trinajstić information content (AvgIpc) is 3.44. The molecule has 1 aliphatic carbocycles. The van der Waals surface area contributed by atoms with Gasteiger partial charge in [0.05, 0.1) is 11.4 Å². The van der Waals surface area contributed by atoms with E-state index in [-0.39, 0.29) is 5.41 Å². The molecule has 0 bridgehead atoms. The minimum absolute atomic E-state index is 0.120. The first-order chi connectivity index (χ1) is 26.5. The van der Waals surface area contributed by atoms with Crippen molar-refractivity contribution in [3.63, 3.8) is 0 Å². The van der Waals surface area contributed by atoms with Gasteiger partial charge in [0.25, 0.3) is 0 Å². The minimum atomic E-state index is -0.120. The fourth-order valence-electron chi connectivity index (χ4n) is 9.36.